The number of rotatable bonds is 5. The topological polar surface area (TPSA) is 51.8 Å². The average Bonchev–Trinajstić information content (AvgIpc) is 3.52. The third-order valence-corrected chi connectivity index (χ3v) is 9.39. The molecule has 0 aliphatic carbocycles. The van der Waals surface area contributed by atoms with E-state index in [0.29, 0.717) is 5.41 Å². The summed E-state index contributed by atoms with van der Waals surface area (Å²) in [6, 6.07) is 40.2. The summed E-state index contributed by atoms with van der Waals surface area (Å²) in [5.41, 5.74) is 13.4. The minimum atomic E-state index is 0. The Balaban J connectivity index is 0.000000187. The van der Waals surface area contributed by atoms with Crippen LogP contribution < -0.4 is 0 Å². The molecule has 0 aliphatic rings. The third-order valence-electron chi connectivity index (χ3n) is 9.39. The van der Waals surface area contributed by atoms with Gasteiger partial charge in [0.15, 0.2) is 0 Å². The number of aromatic nitrogens is 3. The van der Waals surface area contributed by atoms with Crippen molar-refractivity contribution in [1.82, 2.24) is 15.0 Å². The molecular formula is C49H47IrN3O-2. The molecule has 0 saturated carbocycles. The van der Waals surface area contributed by atoms with E-state index in [1.807, 2.05) is 55.8 Å². The van der Waals surface area contributed by atoms with Crippen LogP contribution in [0.2, 0.25) is 0 Å². The van der Waals surface area contributed by atoms with Crippen LogP contribution in [0.25, 0.3) is 66.4 Å². The summed E-state index contributed by atoms with van der Waals surface area (Å²) in [4.78, 5) is 13.6. The van der Waals surface area contributed by atoms with Gasteiger partial charge in [-0.15, -0.1) is 54.1 Å². The van der Waals surface area contributed by atoms with Crippen molar-refractivity contribution < 1.29 is 24.5 Å². The molecule has 1 radical (unpaired) electrons. The molecule has 0 saturated heterocycles. The van der Waals surface area contributed by atoms with E-state index in [-0.39, 0.29) is 25.5 Å². The van der Waals surface area contributed by atoms with Crippen molar-refractivity contribution in [3.63, 3.8) is 0 Å². The standard InChI is InChI=1S/C27H25N2O.C22H22N.Ir/c1-16-14-29-24(12-19(16)13-27(3,4)5)22-8-6-7-20-21-10-9-18-15-28-17(2)11-23(18)26(21)30-25(20)22;1-22(2,3)16-17-9-11-18(12-10-17)20-13-14-23-21(15-20)19-7-5-4-6-8-19;/h6-7,9-12,14-15H,13H2,1-5H3;4-7,9-15H,16H2,1-3H3;/q2*-1;. The van der Waals surface area contributed by atoms with Crippen LogP contribution in [0.5, 0.6) is 0 Å². The number of nitrogens with zero attached hydrogens (tertiary/aromatic N) is 3. The van der Waals surface area contributed by atoms with Crippen LogP contribution in [0.4, 0.5) is 0 Å². The Morgan fingerprint density at radius 3 is 2.09 bits per heavy atom. The number of fused-ring (bicyclic) bond motifs is 5. The summed E-state index contributed by atoms with van der Waals surface area (Å²) >= 11 is 0. The molecule has 4 nitrogen and oxygen atoms in total. The van der Waals surface area contributed by atoms with Gasteiger partial charge >= 0.3 is 0 Å². The Bertz CT molecular complexity index is 2540. The second-order valence-corrected chi connectivity index (χ2v) is 16.6. The van der Waals surface area contributed by atoms with Crippen molar-refractivity contribution in [3.05, 3.63) is 150 Å². The summed E-state index contributed by atoms with van der Waals surface area (Å²) in [6.07, 6.45) is 7.84. The van der Waals surface area contributed by atoms with E-state index in [4.69, 9.17) is 9.40 Å². The summed E-state index contributed by atoms with van der Waals surface area (Å²) in [7, 11) is 0. The molecular weight excluding hydrogens is 839 g/mol. The monoisotopic (exact) mass is 886 g/mol. The van der Waals surface area contributed by atoms with E-state index in [1.54, 1.807) is 0 Å². The molecule has 54 heavy (non-hydrogen) atoms. The zero-order valence-corrected chi connectivity index (χ0v) is 34.9. The summed E-state index contributed by atoms with van der Waals surface area (Å²) < 4.78 is 6.48. The van der Waals surface area contributed by atoms with E-state index in [9.17, 15) is 0 Å². The molecule has 275 valence electrons. The number of pyridine rings is 3. The first-order valence-electron chi connectivity index (χ1n) is 18.4. The molecule has 0 unspecified atom stereocenters. The Kier molecular flexibility index (Phi) is 11.3. The molecule has 8 rings (SSSR count). The zero-order valence-electron chi connectivity index (χ0n) is 32.5. The van der Waals surface area contributed by atoms with Crippen LogP contribution in [0.3, 0.4) is 0 Å². The van der Waals surface area contributed by atoms with E-state index < -0.39 is 0 Å². The second kappa shape index (κ2) is 15.8. The molecule has 0 atom stereocenters. The van der Waals surface area contributed by atoms with Crippen LogP contribution >= 0.6 is 0 Å². The first kappa shape index (κ1) is 38.8. The van der Waals surface area contributed by atoms with E-state index in [1.165, 1.54) is 27.8 Å². The molecule has 0 spiro atoms. The molecule has 0 amide bonds. The van der Waals surface area contributed by atoms with Gasteiger partial charge in [-0.05, 0) is 83.3 Å². The van der Waals surface area contributed by atoms with Crippen LogP contribution in [0, 0.1) is 36.8 Å². The van der Waals surface area contributed by atoms with Crippen LogP contribution in [0.1, 0.15) is 63.9 Å². The molecule has 0 fully saturated rings. The van der Waals surface area contributed by atoms with Crippen molar-refractivity contribution >= 4 is 32.7 Å². The number of furan rings is 1. The van der Waals surface area contributed by atoms with Gasteiger partial charge in [-0.2, -0.15) is 0 Å². The maximum absolute atomic E-state index is 6.48. The van der Waals surface area contributed by atoms with E-state index >= 15 is 0 Å². The normalized spacial score (nSPS) is 11.7. The van der Waals surface area contributed by atoms with E-state index in [2.05, 4.69) is 137 Å². The molecule has 4 aromatic heterocycles. The van der Waals surface area contributed by atoms with Crippen molar-refractivity contribution in [2.45, 2.75) is 68.2 Å². The first-order valence-corrected chi connectivity index (χ1v) is 18.4. The van der Waals surface area contributed by atoms with Gasteiger partial charge in [0, 0.05) is 60.5 Å². The quantitative estimate of drug-likeness (QED) is 0.162. The van der Waals surface area contributed by atoms with Crippen molar-refractivity contribution in [3.8, 4) is 33.6 Å². The summed E-state index contributed by atoms with van der Waals surface area (Å²) in [5.74, 6) is 0. The fourth-order valence-electron chi connectivity index (χ4n) is 6.91. The molecule has 8 aromatic rings. The van der Waals surface area contributed by atoms with Crippen LogP contribution in [-0.2, 0) is 32.9 Å². The van der Waals surface area contributed by atoms with Gasteiger partial charge < -0.3 is 14.4 Å². The SMILES string of the molecule is CC(C)(C)Cc1ccc(-c2ccnc(-c3[c-]cccc3)c2)cc1.Cc1cc2c(ccc3c4cc[c-]c(-c5cc(CC(C)(C)C)c(C)cn5)c4oc23)cn1.[Ir]. The van der Waals surface area contributed by atoms with Crippen molar-refractivity contribution in [1.29, 1.82) is 0 Å². The van der Waals surface area contributed by atoms with Crippen LogP contribution in [0.15, 0.2) is 120 Å². The third kappa shape index (κ3) is 8.87. The first-order chi connectivity index (χ1) is 25.3. The fraction of sp³-hybridized carbons (Fsp3) is 0.245. The van der Waals surface area contributed by atoms with Crippen molar-refractivity contribution in [2.75, 3.05) is 0 Å². The Labute approximate surface area is 333 Å². The minimum absolute atomic E-state index is 0. The Hall–Kier alpha value is -4.96. The molecule has 0 aliphatic heterocycles. The smallest absolute Gasteiger partial charge is 0.128 e. The van der Waals surface area contributed by atoms with Gasteiger partial charge in [0.1, 0.15) is 5.58 Å². The van der Waals surface area contributed by atoms with Crippen molar-refractivity contribution in [2.24, 2.45) is 10.8 Å². The number of hydrogen-bond acceptors (Lipinski definition) is 4. The second-order valence-electron chi connectivity index (χ2n) is 16.6. The Morgan fingerprint density at radius 2 is 1.37 bits per heavy atom. The molecule has 4 aromatic carbocycles. The summed E-state index contributed by atoms with van der Waals surface area (Å²) in [6.45, 7) is 17.7. The predicted molar refractivity (Wildman–Crippen MR) is 221 cm³/mol. The molecule has 0 N–H and O–H groups in total. The number of hydrogen-bond donors (Lipinski definition) is 0. The van der Waals surface area contributed by atoms with Crippen LogP contribution in [-0.4, -0.2) is 15.0 Å². The van der Waals surface area contributed by atoms with Gasteiger partial charge in [-0.3, -0.25) is 4.98 Å². The number of benzene rings is 4. The van der Waals surface area contributed by atoms with Gasteiger partial charge in [0.2, 0.25) is 0 Å². The maximum atomic E-state index is 6.48. The minimum Gasteiger partial charge on any atom is -0.500 e. The largest absolute Gasteiger partial charge is 0.500 e. The maximum Gasteiger partial charge on any atom is 0.128 e. The Morgan fingerprint density at radius 1 is 0.611 bits per heavy atom. The molecule has 4 heterocycles. The number of aryl methyl sites for hydroxylation is 2. The van der Waals surface area contributed by atoms with Gasteiger partial charge in [-0.1, -0.05) is 107 Å². The zero-order chi connectivity index (χ0) is 37.3. The predicted octanol–water partition coefficient (Wildman–Crippen LogP) is 13.0. The molecule has 5 heteroatoms. The fourth-order valence-corrected chi connectivity index (χ4v) is 6.91. The van der Waals surface area contributed by atoms with E-state index in [0.717, 1.165) is 73.8 Å². The van der Waals surface area contributed by atoms with Gasteiger partial charge in [0.25, 0.3) is 0 Å². The van der Waals surface area contributed by atoms with Gasteiger partial charge in [0.05, 0.1) is 5.58 Å². The van der Waals surface area contributed by atoms with Gasteiger partial charge in [-0.25, -0.2) is 0 Å². The molecule has 0 bridgehead atoms. The summed E-state index contributed by atoms with van der Waals surface area (Å²) in [5, 5.41) is 4.38. The average molecular weight is 886 g/mol.